The third kappa shape index (κ3) is 2.29. The van der Waals surface area contributed by atoms with Crippen LogP contribution in [0.5, 0.6) is 0 Å². The molecule has 1 aliphatic rings. The molecule has 1 aliphatic carbocycles. The molecule has 0 aliphatic heterocycles. The van der Waals surface area contributed by atoms with Crippen molar-refractivity contribution in [1.29, 1.82) is 0 Å². The van der Waals surface area contributed by atoms with Crippen LogP contribution in [-0.2, 0) is 4.79 Å². The van der Waals surface area contributed by atoms with Crippen molar-refractivity contribution >= 4 is 5.78 Å². The molecule has 0 saturated heterocycles. The van der Waals surface area contributed by atoms with Gasteiger partial charge in [-0.25, -0.2) is 0 Å². The maximum absolute atomic E-state index is 11.3. The number of hydrogen-bond acceptors (Lipinski definition) is 2. The topological polar surface area (TPSA) is 43.1 Å². The maximum atomic E-state index is 11.3. The highest BCUT2D eigenvalue weighted by molar-refractivity contribution is 5.83. The molecule has 2 N–H and O–H groups in total. The summed E-state index contributed by atoms with van der Waals surface area (Å²) in [7, 11) is 0. The summed E-state index contributed by atoms with van der Waals surface area (Å²) in [6, 6.07) is -0.199. The van der Waals surface area contributed by atoms with Crippen LogP contribution in [0.4, 0.5) is 0 Å². The molecule has 0 unspecified atom stereocenters. The highest BCUT2D eigenvalue weighted by Crippen LogP contribution is 2.29. The summed E-state index contributed by atoms with van der Waals surface area (Å²) in [6.45, 7) is 1.96. The maximum Gasteiger partial charge on any atom is 0.149 e. The Morgan fingerprint density at radius 3 is 2.64 bits per heavy atom. The van der Waals surface area contributed by atoms with Gasteiger partial charge in [0.2, 0.25) is 0 Å². The number of carbonyl (C=O) groups excluding carboxylic acids is 1. The monoisotopic (exact) mass is 155 g/mol. The zero-order valence-corrected chi connectivity index (χ0v) is 7.18. The highest BCUT2D eigenvalue weighted by atomic mass is 16.1. The van der Waals surface area contributed by atoms with Crippen LogP contribution < -0.4 is 5.73 Å². The van der Waals surface area contributed by atoms with E-state index in [4.69, 9.17) is 5.73 Å². The molecule has 1 fully saturated rings. The standard InChI is InChI=1S/C9H17NO/c1-2-8(10)9(11)6-7-4-3-5-7/h7-8H,2-6,10H2,1H3/t8-/m0/s1. The fraction of sp³-hybridized carbons (Fsp3) is 0.889. The molecule has 0 aromatic carbocycles. The second-order valence-corrected chi connectivity index (χ2v) is 3.48. The van der Waals surface area contributed by atoms with Crippen LogP contribution >= 0.6 is 0 Å². The number of Topliss-reactive ketones (excluding diaryl/α,β-unsaturated/α-hetero) is 1. The van der Waals surface area contributed by atoms with Crippen LogP contribution in [0.1, 0.15) is 39.0 Å². The van der Waals surface area contributed by atoms with E-state index in [-0.39, 0.29) is 11.8 Å². The van der Waals surface area contributed by atoms with Crippen LogP contribution in [0, 0.1) is 5.92 Å². The molecule has 0 aromatic rings. The molecule has 0 radical (unpaired) electrons. The van der Waals surface area contributed by atoms with Gasteiger partial charge in [0.15, 0.2) is 0 Å². The minimum Gasteiger partial charge on any atom is -0.322 e. The van der Waals surface area contributed by atoms with Gasteiger partial charge in [0, 0.05) is 6.42 Å². The van der Waals surface area contributed by atoms with Crippen molar-refractivity contribution in [2.45, 2.75) is 45.1 Å². The van der Waals surface area contributed by atoms with Gasteiger partial charge in [-0.15, -0.1) is 0 Å². The number of nitrogens with two attached hydrogens (primary N) is 1. The second kappa shape index (κ2) is 3.86. The van der Waals surface area contributed by atoms with Crippen LogP contribution in [0.3, 0.4) is 0 Å². The summed E-state index contributed by atoms with van der Waals surface area (Å²) >= 11 is 0. The Morgan fingerprint density at radius 2 is 2.27 bits per heavy atom. The summed E-state index contributed by atoms with van der Waals surface area (Å²) in [5, 5.41) is 0. The Bertz CT molecular complexity index is 140. The van der Waals surface area contributed by atoms with E-state index < -0.39 is 0 Å². The first kappa shape index (κ1) is 8.72. The normalized spacial score (nSPS) is 20.9. The van der Waals surface area contributed by atoms with Gasteiger partial charge in [0.1, 0.15) is 5.78 Å². The Kier molecular flexibility index (Phi) is 3.06. The Balaban J connectivity index is 2.19. The predicted octanol–water partition coefficient (Wildman–Crippen LogP) is 1.48. The van der Waals surface area contributed by atoms with E-state index in [2.05, 4.69) is 0 Å². The van der Waals surface area contributed by atoms with E-state index >= 15 is 0 Å². The summed E-state index contributed by atoms with van der Waals surface area (Å²) in [4.78, 5) is 11.3. The summed E-state index contributed by atoms with van der Waals surface area (Å²) < 4.78 is 0. The Hall–Kier alpha value is -0.370. The van der Waals surface area contributed by atoms with Crippen LogP contribution in [-0.4, -0.2) is 11.8 Å². The van der Waals surface area contributed by atoms with Crippen molar-refractivity contribution in [3.8, 4) is 0 Å². The molecule has 11 heavy (non-hydrogen) atoms. The van der Waals surface area contributed by atoms with E-state index in [0.717, 1.165) is 12.8 Å². The van der Waals surface area contributed by atoms with Gasteiger partial charge in [-0.1, -0.05) is 26.2 Å². The van der Waals surface area contributed by atoms with Crippen molar-refractivity contribution < 1.29 is 4.79 Å². The van der Waals surface area contributed by atoms with Crippen molar-refractivity contribution in [2.75, 3.05) is 0 Å². The average Bonchev–Trinajstić information content (AvgIpc) is 1.94. The van der Waals surface area contributed by atoms with Gasteiger partial charge >= 0.3 is 0 Å². The van der Waals surface area contributed by atoms with E-state index in [0.29, 0.717) is 5.92 Å². The predicted molar refractivity (Wildman–Crippen MR) is 45.2 cm³/mol. The first-order chi connectivity index (χ1) is 5.24. The minimum atomic E-state index is -0.199. The third-order valence-corrected chi connectivity index (χ3v) is 2.57. The molecule has 1 rings (SSSR count). The summed E-state index contributed by atoms with van der Waals surface area (Å²) in [6.07, 6.45) is 5.30. The third-order valence-electron chi connectivity index (χ3n) is 2.57. The molecule has 1 saturated carbocycles. The lowest BCUT2D eigenvalue weighted by Crippen LogP contribution is -2.32. The first-order valence-electron chi connectivity index (χ1n) is 4.52. The van der Waals surface area contributed by atoms with E-state index in [9.17, 15) is 4.79 Å². The SMILES string of the molecule is CC[C@H](N)C(=O)CC1CCC1. The first-order valence-corrected chi connectivity index (χ1v) is 4.52. The van der Waals surface area contributed by atoms with Crippen molar-refractivity contribution in [3.05, 3.63) is 0 Å². The molecule has 1 atom stereocenters. The highest BCUT2D eigenvalue weighted by Gasteiger charge is 2.22. The molecule has 64 valence electrons. The largest absolute Gasteiger partial charge is 0.322 e. The number of carbonyl (C=O) groups is 1. The lowest BCUT2D eigenvalue weighted by molar-refractivity contribution is -0.121. The Morgan fingerprint density at radius 1 is 1.64 bits per heavy atom. The van der Waals surface area contributed by atoms with Gasteiger partial charge in [0.25, 0.3) is 0 Å². The van der Waals surface area contributed by atoms with Crippen LogP contribution in [0.2, 0.25) is 0 Å². The quantitative estimate of drug-likeness (QED) is 0.668. The van der Waals surface area contributed by atoms with Crippen molar-refractivity contribution in [1.82, 2.24) is 0 Å². The zero-order chi connectivity index (χ0) is 8.27. The molecular weight excluding hydrogens is 138 g/mol. The van der Waals surface area contributed by atoms with Gasteiger partial charge in [-0.3, -0.25) is 4.79 Å². The van der Waals surface area contributed by atoms with E-state index in [1.165, 1.54) is 19.3 Å². The van der Waals surface area contributed by atoms with Crippen LogP contribution in [0.25, 0.3) is 0 Å². The molecular formula is C9H17NO. The number of rotatable bonds is 4. The molecule has 2 nitrogen and oxygen atoms in total. The molecule has 0 amide bonds. The lowest BCUT2D eigenvalue weighted by atomic mass is 9.81. The van der Waals surface area contributed by atoms with Crippen LogP contribution in [0.15, 0.2) is 0 Å². The Labute approximate surface area is 68.2 Å². The van der Waals surface area contributed by atoms with Gasteiger partial charge in [0.05, 0.1) is 6.04 Å². The molecule has 0 aromatic heterocycles. The molecule has 0 spiro atoms. The molecule has 0 bridgehead atoms. The summed E-state index contributed by atoms with van der Waals surface area (Å²) in [5.74, 6) is 0.928. The van der Waals surface area contributed by atoms with Gasteiger partial charge in [-0.05, 0) is 12.3 Å². The zero-order valence-electron chi connectivity index (χ0n) is 7.18. The lowest BCUT2D eigenvalue weighted by Gasteiger charge is -2.25. The summed E-state index contributed by atoms with van der Waals surface area (Å²) in [5.41, 5.74) is 5.59. The second-order valence-electron chi connectivity index (χ2n) is 3.48. The molecule has 0 heterocycles. The van der Waals surface area contributed by atoms with E-state index in [1.807, 2.05) is 6.92 Å². The van der Waals surface area contributed by atoms with Gasteiger partial charge < -0.3 is 5.73 Å². The smallest absolute Gasteiger partial charge is 0.149 e. The van der Waals surface area contributed by atoms with Crippen molar-refractivity contribution in [3.63, 3.8) is 0 Å². The van der Waals surface area contributed by atoms with Crippen molar-refractivity contribution in [2.24, 2.45) is 11.7 Å². The average molecular weight is 155 g/mol. The number of hydrogen-bond donors (Lipinski definition) is 1. The number of ketones is 1. The minimum absolute atomic E-state index is 0.199. The fourth-order valence-corrected chi connectivity index (χ4v) is 1.36. The fourth-order valence-electron chi connectivity index (χ4n) is 1.36. The molecule has 2 heteroatoms. The van der Waals surface area contributed by atoms with Gasteiger partial charge in [-0.2, -0.15) is 0 Å². The van der Waals surface area contributed by atoms with E-state index in [1.54, 1.807) is 0 Å².